The highest BCUT2D eigenvalue weighted by molar-refractivity contribution is 7.89. The van der Waals surface area contributed by atoms with E-state index in [9.17, 15) is 13.2 Å². The minimum Gasteiger partial charge on any atom is -0.352 e. The molecule has 0 aromatic heterocycles. The second kappa shape index (κ2) is 7.66. The summed E-state index contributed by atoms with van der Waals surface area (Å²) in [6, 6.07) is 6.92. The average molecular weight is 380 g/mol. The number of nitrogens with two attached hydrogens (primary N) is 1. The fraction of sp³-hybridized carbons (Fsp3) is 0.632. The molecule has 2 aliphatic rings. The lowest BCUT2D eigenvalue weighted by Crippen LogP contribution is -2.58. The number of benzene rings is 1. The van der Waals surface area contributed by atoms with E-state index in [-0.39, 0.29) is 11.9 Å². The van der Waals surface area contributed by atoms with Crippen LogP contribution < -0.4 is 11.1 Å². The largest absolute Gasteiger partial charge is 0.352 e. The zero-order valence-electron chi connectivity index (χ0n) is 15.4. The van der Waals surface area contributed by atoms with E-state index in [1.54, 1.807) is 12.1 Å². The molecule has 1 aliphatic carbocycles. The first-order valence-corrected chi connectivity index (χ1v) is 10.9. The molecule has 7 heteroatoms. The second-order valence-electron chi connectivity index (χ2n) is 7.68. The molecule has 3 N–H and O–H groups in total. The van der Waals surface area contributed by atoms with E-state index in [4.69, 9.17) is 5.73 Å². The number of rotatable bonds is 4. The SMILES string of the molecule is Cc1ccc(S(=O)(=O)N2CCC(NC(=O)C3(N)CCCCC3)CC2)cc1. The van der Waals surface area contributed by atoms with Crippen LogP contribution >= 0.6 is 0 Å². The summed E-state index contributed by atoms with van der Waals surface area (Å²) in [5.74, 6) is -0.0722. The number of aryl methyl sites for hydroxylation is 1. The molecule has 0 atom stereocenters. The Bertz CT molecular complexity index is 732. The topological polar surface area (TPSA) is 92.5 Å². The van der Waals surface area contributed by atoms with Crippen LogP contribution in [0.5, 0.6) is 0 Å². The standard InChI is InChI=1S/C19H29N3O3S/c1-15-5-7-17(8-6-15)26(24,25)22-13-9-16(10-14-22)21-18(23)19(20)11-3-2-4-12-19/h5-8,16H,2-4,9-14,20H2,1H3,(H,21,23). The first kappa shape index (κ1) is 19.3. The Morgan fingerprint density at radius 3 is 2.27 bits per heavy atom. The minimum atomic E-state index is -3.47. The molecule has 6 nitrogen and oxygen atoms in total. The maximum Gasteiger partial charge on any atom is 0.243 e. The lowest BCUT2D eigenvalue weighted by Gasteiger charge is -2.36. The number of nitrogens with one attached hydrogen (secondary N) is 1. The fourth-order valence-corrected chi connectivity index (χ4v) is 5.31. The van der Waals surface area contributed by atoms with Crippen molar-refractivity contribution in [2.45, 2.75) is 68.3 Å². The Morgan fingerprint density at radius 2 is 1.69 bits per heavy atom. The van der Waals surface area contributed by atoms with Crippen LogP contribution in [0.2, 0.25) is 0 Å². The minimum absolute atomic E-state index is 0.00526. The van der Waals surface area contributed by atoms with E-state index < -0.39 is 15.6 Å². The van der Waals surface area contributed by atoms with Gasteiger partial charge in [0, 0.05) is 19.1 Å². The van der Waals surface area contributed by atoms with Crippen LogP contribution in [0.25, 0.3) is 0 Å². The third-order valence-corrected chi connectivity index (χ3v) is 7.56. The number of carbonyl (C=O) groups excluding carboxylic acids is 1. The molecule has 26 heavy (non-hydrogen) atoms. The summed E-state index contributed by atoms with van der Waals surface area (Å²) in [5.41, 5.74) is 6.57. The van der Waals surface area contributed by atoms with Crippen molar-refractivity contribution in [3.05, 3.63) is 29.8 Å². The summed E-state index contributed by atoms with van der Waals surface area (Å²) in [4.78, 5) is 12.9. The third kappa shape index (κ3) is 4.10. The molecule has 2 fully saturated rings. The number of piperidine rings is 1. The summed E-state index contributed by atoms with van der Waals surface area (Å²) >= 11 is 0. The van der Waals surface area contributed by atoms with Crippen molar-refractivity contribution >= 4 is 15.9 Å². The molecule has 1 aromatic rings. The summed E-state index contributed by atoms with van der Waals surface area (Å²) in [5, 5.41) is 3.06. The molecule has 1 saturated heterocycles. The highest BCUT2D eigenvalue weighted by atomic mass is 32.2. The van der Waals surface area contributed by atoms with Gasteiger partial charge >= 0.3 is 0 Å². The van der Waals surface area contributed by atoms with Gasteiger partial charge in [-0.15, -0.1) is 0 Å². The van der Waals surface area contributed by atoms with Crippen LogP contribution in [-0.4, -0.2) is 43.3 Å². The quantitative estimate of drug-likeness (QED) is 0.836. The lowest BCUT2D eigenvalue weighted by atomic mass is 9.81. The molecule has 0 bridgehead atoms. The van der Waals surface area contributed by atoms with E-state index in [2.05, 4.69) is 5.32 Å². The van der Waals surface area contributed by atoms with Crippen molar-refractivity contribution in [2.24, 2.45) is 5.73 Å². The van der Waals surface area contributed by atoms with Gasteiger partial charge in [-0.3, -0.25) is 4.79 Å². The van der Waals surface area contributed by atoms with Gasteiger partial charge in [-0.25, -0.2) is 8.42 Å². The van der Waals surface area contributed by atoms with Gasteiger partial charge in [0.05, 0.1) is 10.4 Å². The molecule has 1 heterocycles. The van der Waals surface area contributed by atoms with Gasteiger partial charge in [0.25, 0.3) is 0 Å². The molecule has 3 rings (SSSR count). The zero-order chi connectivity index (χ0) is 18.8. The number of nitrogens with zero attached hydrogens (tertiary/aromatic N) is 1. The predicted octanol–water partition coefficient (Wildman–Crippen LogP) is 1.93. The van der Waals surface area contributed by atoms with E-state index in [0.29, 0.717) is 30.8 Å². The Morgan fingerprint density at radius 1 is 1.12 bits per heavy atom. The normalized spacial score (nSPS) is 22.1. The highest BCUT2D eigenvalue weighted by Crippen LogP contribution is 2.27. The molecule has 1 saturated carbocycles. The molecular formula is C19H29N3O3S. The Hall–Kier alpha value is -1.44. The van der Waals surface area contributed by atoms with E-state index in [0.717, 1.165) is 37.7 Å². The Labute approximate surface area is 156 Å². The number of amides is 1. The fourth-order valence-electron chi connectivity index (χ4n) is 3.84. The third-order valence-electron chi connectivity index (χ3n) is 5.65. The van der Waals surface area contributed by atoms with Gasteiger partial charge in [-0.2, -0.15) is 4.31 Å². The maximum absolute atomic E-state index is 12.7. The van der Waals surface area contributed by atoms with Crippen LogP contribution in [0.3, 0.4) is 0 Å². The summed E-state index contributed by atoms with van der Waals surface area (Å²) in [7, 11) is -3.47. The monoisotopic (exact) mass is 379 g/mol. The maximum atomic E-state index is 12.7. The van der Waals surface area contributed by atoms with E-state index in [1.165, 1.54) is 4.31 Å². The van der Waals surface area contributed by atoms with Gasteiger partial charge in [0.1, 0.15) is 0 Å². The second-order valence-corrected chi connectivity index (χ2v) is 9.62. The molecule has 0 spiro atoms. The van der Waals surface area contributed by atoms with Crippen molar-refractivity contribution in [1.82, 2.24) is 9.62 Å². The van der Waals surface area contributed by atoms with Gasteiger partial charge in [0.2, 0.25) is 15.9 Å². The average Bonchev–Trinajstić information content (AvgIpc) is 2.63. The number of sulfonamides is 1. The van der Waals surface area contributed by atoms with Crippen LogP contribution in [0, 0.1) is 6.92 Å². The molecule has 0 unspecified atom stereocenters. The molecule has 144 valence electrons. The van der Waals surface area contributed by atoms with Gasteiger partial charge < -0.3 is 11.1 Å². The van der Waals surface area contributed by atoms with E-state index in [1.807, 2.05) is 19.1 Å². The van der Waals surface area contributed by atoms with Crippen molar-refractivity contribution in [1.29, 1.82) is 0 Å². The van der Waals surface area contributed by atoms with Gasteiger partial charge in [-0.05, 0) is 44.7 Å². The van der Waals surface area contributed by atoms with Crippen molar-refractivity contribution in [3.8, 4) is 0 Å². The number of carbonyl (C=O) groups is 1. The molecular weight excluding hydrogens is 350 g/mol. The van der Waals surface area contributed by atoms with Gasteiger partial charge in [0.15, 0.2) is 0 Å². The lowest BCUT2D eigenvalue weighted by molar-refractivity contribution is -0.128. The smallest absolute Gasteiger partial charge is 0.243 e. The van der Waals surface area contributed by atoms with Gasteiger partial charge in [-0.1, -0.05) is 37.0 Å². The zero-order valence-corrected chi connectivity index (χ0v) is 16.2. The molecule has 1 amide bonds. The summed E-state index contributed by atoms with van der Waals surface area (Å²) < 4.78 is 27.0. The van der Waals surface area contributed by atoms with Crippen LogP contribution in [-0.2, 0) is 14.8 Å². The Kier molecular flexibility index (Phi) is 5.69. The summed E-state index contributed by atoms with van der Waals surface area (Å²) in [6.45, 7) is 2.76. The first-order valence-electron chi connectivity index (χ1n) is 9.48. The molecule has 0 radical (unpaired) electrons. The highest BCUT2D eigenvalue weighted by Gasteiger charge is 2.37. The van der Waals surface area contributed by atoms with Crippen LogP contribution in [0.15, 0.2) is 29.2 Å². The predicted molar refractivity (Wildman–Crippen MR) is 101 cm³/mol. The first-order chi connectivity index (χ1) is 12.3. The molecule has 1 aromatic carbocycles. The van der Waals surface area contributed by atoms with Crippen LogP contribution in [0.4, 0.5) is 0 Å². The van der Waals surface area contributed by atoms with E-state index >= 15 is 0 Å². The summed E-state index contributed by atoms with van der Waals surface area (Å²) in [6.07, 6.45) is 5.84. The van der Waals surface area contributed by atoms with Crippen molar-refractivity contribution in [3.63, 3.8) is 0 Å². The number of hydrogen-bond donors (Lipinski definition) is 2. The number of hydrogen-bond acceptors (Lipinski definition) is 4. The van der Waals surface area contributed by atoms with Crippen LogP contribution in [0.1, 0.15) is 50.5 Å². The molecule has 1 aliphatic heterocycles. The van der Waals surface area contributed by atoms with Crippen molar-refractivity contribution < 1.29 is 13.2 Å². The van der Waals surface area contributed by atoms with Crippen molar-refractivity contribution in [2.75, 3.05) is 13.1 Å². The Balaban J connectivity index is 1.57.